The van der Waals surface area contributed by atoms with Crippen molar-refractivity contribution < 1.29 is 14.3 Å². The predicted molar refractivity (Wildman–Crippen MR) is 71.1 cm³/mol. The summed E-state index contributed by atoms with van der Waals surface area (Å²) in [6.07, 6.45) is 4.23. The minimum Gasteiger partial charge on any atom is -0.429 e. The quantitative estimate of drug-likeness (QED) is 0.566. The molecule has 0 aromatic heterocycles. The molecule has 0 unspecified atom stereocenters. The summed E-state index contributed by atoms with van der Waals surface area (Å²) < 4.78 is 9.87. The molecule has 0 aliphatic heterocycles. The van der Waals surface area contributed by atoms with Gasteiger partial charge in [0.15, 0.2) is 0 Å². The number of allylic oxidation sites excluding steroid dienone is 2. The van der Waals surface area contributed by atoms with Crippen LogP contribution in [0.4, 0.5) is 4.79 Å². The van der Waals surface area contributed by atoms with Crippen molar-refractivity contribution in [2.45, 2.75) is 6.61 Å². The lowest BCUT2D eigenvalue weighted by Crippen LogP contribution is -2.09. The van der Waals surface area contributed by atoms with Gasteiger partial charge >= 0.3 is 6.16 Å². The predicted octanol–water partition coefficient (Wildman–Crippen LogP) is 3.64. The van der Waals surface area contributed by atoms with E-state index in [9.17, 15) is 4.79 Å². The first-order chi connectivity index (χ1) is 8.76. The molecule has 0 bridgehead atoms. The summed E-state index contributed by atoms with van der Waals surface area (Å²) >= 11 is 0. The van der Waals surface area contributed by atoms with E-state index in [2.05, 4.69) is 13.2 Å². The third-order valence-electron chi connectivity index (χ3n) is 2.15. The molecule has 0 aliphatic carbocycles. The van der Waals surface area contributed by atoms with Crippen LogP contribution in [0.1, 0.15) is 5.56 Å². The molecule has 0 saturated carbocycles. The molecule has 0 radical (unpaired) electrons. The minimum absolute atomic E-state index is 0.128. The van der Waals surface area contributed by atoms with Gasteiger partial charge in [0.25, 0.3) is 0 Å². The molecule has 94 valence electrons. The zero-order chi connectivity index (χ0) is 13.2. The molecule has 1 aromatic carbocycles. The van der Waals surface area contributed by atoms with E-state index in [1.807, 2.05) is 30.3 Å². The number of carbonyl (C=O) groups excluding carboxylic acids is 1. The molecular weight excluding hydrogens is 228 g/mol. The highest BCUT2D eigenvalue weighted by molar-refractivity contribution is 5.60. The van der Waals surface area contributed by atoms with Crippen molar-refractivity contribution in [2.75, 3.05) is 6.61 Å². The third-order valence-corrected chi connectivity index (χ3v) is 2.15. The molecule has 1 aromatic rings. The summed E-state index contributed by atoms with van der Waals surface area (Å²) in [4.78, 5) is 11.3. The number of rotatable bonds is 6. The van der Waals surface area contributed by atoms with Gasteiger partial charge in [-0.1, -0.05) is 61.7 Å². The smallest absolute Gasteiger partial charge is 0.429 e. The van der Waals surface area contributed by atoms with E-state index in [-0.39, 0.29) is 13.2 Å². The summed E-state index contributed by atoms with van der Waals surface area (Å²) in [5, 5.41) is 0. The monoisotopic (exact) mass is 244 g/mol. The van der Waals surface area contributed by atoms with Crippen LogP contribution in [0.3, 0.4) is 0 Å². The standard InChI is InChI=1S/C15H16O3/c1-3-8-13(4-2)11-17-15(16)18-12-14-9-6-5-7-10-14/h3-10H,1-2,11-12H2/b13-8+. The molecule has 0 saturated heterocycles. The van der Waals surface area contributed by atoms with Crippen molar-refractivity contribution in [1.29, 1.82) is 0 Å². The highest BCUT2D eigenvalue weighted by atomic mass is 16.7. The molecule has 1 rings (SSSR count). The van der Waals surface area contributed by atoms with Crippen molar-refractivity contribution in [3.05, 3.63) is 72.9 Å². The van der Waals surface area contributed by atoms with Crippen LogP contribution in [0.25, 0.3) is 0 Å². The van der Waals surface area contributed by atoms with E-state index in [1.165, 1.54) is 0 Å². The molecule has 0 atom stereocenters. The van der Waals surface area contributed by atoms with Gasteiger partial charge in [-0.3, -0.25) is 0 Å². The number of ether oxygens (including phenoxy) is 2. The van der Waals surface area contributed by atoms with Crippen LogP contribution < -0.4 is 0 Å². The maximum atomic E-state index is 11.3. The molecule has 0 fully saturated rings. The fraction of sp³-hybridized carbons (Fsp3) is 0.133. The zero-order valence-electron chi connectivity index (χ0n) is 10.2. The van der Waals surface area contributed by atoms with Gasteiger partial charge in [0.2, 0.25) is 0 Å². The van der Waals surface area contributed by atoms with E-state index in [1.54, 1.807) is 18.2 Å². The topological polar surface area (TPSA) is 35.5 Å². The summed E-state index contributed by atoms with van der Waals surface area (Å²) in [7, 11) is 0. The van der Waals surface area contributed by atoms with Crippen molar-refractivity contribution in [3.8, 4) is 0 Å². The second-order valence-electron chi connectivity index (χ2n) is 3.49. The van der Waals surface area contributed by atoms with Gasteiger partial charge in [-0.25, -0.2) is 4.79 Å². The molecule has 18 heavy (non-hydrogen) atoms. The second-order valence-corrected chi connectivity index (χ2v) is 3.49. The fourth-order valence-electron chi connectivity index (χ4n) is 1.23. The first kappa shape index (κ1) is 13.8. The largest absolute Gasteiger partial charge is 0.508 e. The molecule has 3 heteroatoms. The molecule has 0 N–H and O–H groups in total. The zero-order valence-corrected chi connectivity index (χ0v) is 10.2. The van der Waals surface area contributed by atoms with Crippen LogP contribution in [-0.4, -0.2) is 12.8 Å². The lowest BCUT2D eigenvalue weighted by atomic mass is 10.2. The first-order valence-electron chi connectivity index (χ1n) is 5.53. The molecule has 0 heterocycles. The van der Waals surface area contributed by atoms with E-state index >= 15 is 0 Å². The van der Waals surface area contributed by atoms with Gasteiger partial charge in [0, 0.05) is 0 Å². The van der Waals surface area contributed by atoms with Gasteiger partial charge in [-0.05, 0) is 11.1 Å². The summed E-state index contributed by atoms with van der Waals surface area (Å²) in [6, 6.07) is 9.41. The minimum atomic E-state index is -0.698. The molecule has 0 amide bonds. The third kappa shape index (κ3) is 5.16. The van der Waals surface area contributed by atoms with Gasteiger partial charge in [-0.2, -0.15) is 0 Å². The first-order valence-corrected chi connectivity index (χ1v) is 5.53. The van der Waals surface area contributed by atoms with E-state index in [0.717, 1.165) is 11.1 Å². The van der Waals surface area contributed by atoms with Gasteiger partial charge in [0.1, 0.15) is 13.2 Å². The number of benzene rings is 1. The normalized spacial score (nSPS) is 10.6. The van der Waals surface area contributed by atoms with Crippen molar-refractivity contribution in [1.82, 2.24) is 0 Å². The average molecular weight is 244 g/mol. The van der Waals surface area contributed by atoms with Crippen molar-refractivity contribution in [2.24, 2.45) is 0 Å². The van der Waals surface area contributed by atoms with Crippen LogP contribution in [0, 0.1) is 0 Å². The Hall–Kier alpha value is -2.29. The van der Waals surface area contributed by atoms with Crippen molar-refractivity contribution in [3.63, 3.8) is 0 Å². The lowest BCUT2D eigenvalue weighted by molar-refractivity contribution is 0.0565. The Morgan fingerprint density at radius 2 is 1.89 bits per heavy atom. The van der Waals surface area contributed by atoms with Crippen LogP contribution in [0.15, 0.2) is 67.3 Å². The molecule has 0 aliphatic rings. The van der Waals surface area contributed by atoms with Crippen molar-refractivity contribution >= 4 is 6.16 Å². The van der Waals surface area contributed by atoms with E-state index in [4.69, 9.17) is 9.47 Å². The highest BCUT2D eigenvalue weighted by Crippen LogP contribution is 2.03. The number of hydrogen-bond acceptors (Lipinski definition) is 3. The molecular formula is C15H16O3. The average Bonchev–Trinajstić information content (AvgIpc) is 2.42. The Balaban J connectivity index is 2.32. The van der Waals surface area contributed by atoms with Crippen LogP contribution in [0.5, 0.6) is 0 Å². The van der Waals surface area contributed by atoms with Gasteiger partial charge in [0.05, 0.1) is 0 Å². The Morgan fingerprint density at radius 1 is 1.17 bits per heavy atom. The van der Waals surface area contributed by atoms with E-state index in [0.29, 0.717) is 0 Å². The second kappa shape index (κ2) is 7.90. The Bertz CT molecular complexity index is 432. The van der Waals surface area contributed by atoms with Gasteiger partial charge < -0.3 is 9.47 Å². The lowest BCUT2D eigenvalue weighted by Gasteiger charge is -2.06. The Kier molecular flexibility index (Phi) is 6.04. The molecule has 0 spiro atoms. The number of carbonyl (C=O) groups is 1. The van der Waals surface area contributed by atoms with E-state index < -0.39 is 6.16 Å². The maximum absolute atomic E-state index is 11.3. The van der Waals surface area contributed by atoms with Crippen LogP contribution in [-0.2, 0) is 16.1 Å². The maximum Gasteiger partial charge on any atom is 0.508 e. The summed E-state index contributed by atoms with van der Waals surface area (Å²) in [5.74, 6) is 0. The summed E-state index contributed by atoms with van der Waals surface area (Å²) in [6.45, 7) is 7.49. The Labute approximate surface area is 107 Å². The van der Waals surface area contributed by atoms with Crippen LogP contribution >= 0.6 is 0 Å². The summed E-state index contributed by atoms with van der Waals surface area (Å²) in [5.41, 5.74) is 1.68. The Morgan fingerprint density at radius 3 is 2.50 bits per heavy atom. The fourth-order valence-corrected chi connectivity index (χ4v) is 1.23. The SMILES string of the molecule is C=C/C=C(\C=C)COC(=O)OCc1ccccc1. The van der Waals surface area contributed by atoms with Crippen LogP contribution in [0.2, 0.25) is 0 Å². The highest BCUT2D eigenvalue weighted by Gasteiger charge is 2.04. The van der Waals surface area contributed by atoms with Gasteiger partial charge in [-0.15, -0.1) is 0 Å². The molecule has 3 nitrogen and oxygen atoms in total. The number of hydrogen-bond donors (Lipinski definition) is 0.